The molecule has 21 heavy (non-hydrogen) atoms. The van der Waals surface area contributed by atoms with Crippen LogP contribution in [-0.4, -0.2) is 8.42 Å². The second-order valence-electron chi connectivity index (χ2n) is 4.49. The summed E-state index contributed by atoms with van der Waals surface area (Å²) in [4.78, 5) is -0.164. The Hall–Kier alpha value is -2.59. The third-order valence-corrected chi connectivity index (χ3v) is 4.18. The van der Waals surface area contributed by atoms with Crippen molar-refractivity contribution >= 4 is 21.4 Å². The van der Waals surface area contributed by atoms with Crippen LogP contribution in [0.2, 0.25) is 0 Å². The predicted octanol–water partition coefficient (Wildman–Crippen LogP) is 2.39. The molecule has 0 saturated carbocycles. The lowest BCUT2D eigenvalue weighted by Crippen LogP contribution is -2.15. The number of nitrogens with two attached hydrogens (primary N) is 1. The maximum absolute atomic E-state index is 13.3. The van der Waals surface area contributed by atoms with E-state index in [0.717, 1.165) is 6.07 Å². The second-order valence-corrected chi connectivity index (χ2v) is 6.14. The van der Waals surface area contributed by atoms with Gasteiger partial charge in [-0.3, -0.25) is 4.72 Å². The Kier molecular flexibility index (Phi) is 3.82. The van der Waals surface area contributed by atoms with Crippen LogP contribution in [0.5, 0.6) is 0 Å². The number of hydrogen-bond acceptors (Lipinski definition) is 4. The van der Waals surface area contributed by atoms with Crippen molar-refractivity contribution in [3.8, 4) is 6.07 Å². The fraction of sp³-hybridized carbons (Fsp3) is 0.0714. The molecule has 0 aromatic heterocycles. The molecule has 2 aromatic carbocycles. The number of nitrogens with zero attached hydrogens (tertiary/aromatic N) is 1. The van der Waals surface area contributed by atoms with Gasteiger partial charge in [0.15, 0.2) is 0 Å². The van der Waals surface area contributed by atoms with Crippen LogP contribution in [0.25, 0.3) is 0 Å². The summed E-state index contributed by atoms with van der Waals surface area (Å²) in [5, 5.41) is 8.74. The largest absolute Gasteiger partial charge is 0.398 e. The highest BCUT2D eigenvalue weighted by Crippen LogP contribution is 2.23. The standard InChI is InChI=1S/C14H12FN3O2S/c1-9-4-11(15)7-12(5-9)18-21(19,20)14-3-2-10(8-16)6-13(14)17/h2-7,18H,17H2,1H3. The first-order valence-electron chi connectivity index (χ1n) is 5.91. The van der Waals surface area contributed by atoms with Gasteiger partial charge in [-0.05, 0) is 48.9 Å². The molecule has 0 fully saturated rings. The zero-order valence-corrected chi connectivity index (χ0v) is 11.9. The lowest BCUT2D eigenvalue weighted by atomic mass is 10.2. The smallest absolute Gasteiger partial charge is 0.263 e. The molecule has 3 N–H and O–H groups in total. The lowest BCUT2D eigenvalue weighted by molar-refractivity contribution is 0.601. The lowest BCUT2D eigenvalue weighted by Gasteiger charge is -2.11. The summed E-state index contributed by atoms with van der Waals surface area (Å²) in [7, 11) is -3.95. The third-order valence-electron chi connectivity index (χ3n) is 2.72. The first kappa shape index (κ1) is 14.8. The van der Waals surface area contributed by atoms with Gasteiger partial charge in [-0.25, -0.2) is 12.8 Å². The average molecular weight is 305 g/mol. The molecule has 0 saturated heterocycles. The highest BCUT2D eigenvalue weighted by atomic mass is 32.2. The number of aryl methyl sites for hydroxylation is 1. The number of benzene rings is 2. The summed E-state index contributed by atoms with van der Waals surface area (Å²) < 4.78 is 40.0. The fourth-order valence-electron chi connectivity index (χ4n) is 1.87. The van der Waals surface area contributed by atoms with Gasteiger partial charge < -0.3 is 5.73 Å². The topological polar surface area (TPSA) is 96.0 Å². The van der Waals surface area contributed by atoms with Gasteiger partial charge in [0.05, 0.1) is 23.0 Å². The van der Waals surface area contributed by atoms with E-state index in [1.165, 1.54) is 30.3 Å². The van der Waals surface area contributed by atoms with E-state index in [2.05, 4.69) is 4.72 Å². The van der Waals surface area contributed by atoms with Crippen LogP contribution >= 0.6 is 0 Å². The zero-order chi connectivity index (χ0) is 15.6. The Labute approximate surface area is 121 Å². The Balaban J connectivity index is 2.41. The molecule has 7 heteroatoms. The number of anilines is 2. The number of sulfonamides is 1. The van der Waals surface area contributed by atoms with E-state index in [1.807, 2.05) is 6.07 Å². The van der Waals surface area contributed by atoms with Gasteiger partial charge in [0.25, 0.3) is 10.0 Å². The molecule has 2 rings (SSSR count). The van der Waals surface area contributed by atoms with Crippen molar-refractivity contribution < 1.29 is 12.8 Å². The van der Waals surface area contributed by atoms with E-state index in [0.29, 0.717) is 5.56 Å². The molecule has 0 heterocycles. The van der Waals surface area contributed by atoms with Gasteiger partial charge in [0.1, 0.15) is 10.7 Å². The Morgan fingerprint density at radius 2 is 1.95 bits per heavy atom. The van der Waals surface area contributed by atoms with Crippen LogP contribution in [0.4, 0.5) is 15.8 Å². The molecule has 0 aliphatic rings. The summed E-state index contributed by atoms with van der Waals surface area (Å²) in [6, 6.07) is 9.58. The molecule has 0 radical (unpaired) electrons. The molecule has 0 amide bonds. The molecule has 0 unspecified atom stereocenters. The van der Waals surface area contributed by atoms with Crippen LogP contribution in [0, 0.1) is 24.1 Å². The number of hydrogen-bond donors (Lipinski definition) is 2. The summed E-state index contributed by atoms with van der Waals surface area (Å²) in [6.07, 6.45) is 0. The van der Waals surface area contributed by atoms with Crippen molar-refractivity contribution in [3.05, 3.63) is 53.3 Å². The summed E-state index contributed by atoms with van der Waals surface area (Å²) in [5.74, 6) is -0.541. The zero-order valence-electron chi connectivity index (χ0n) is 11.1. The van der Waals surface area contributed by atoms with Crippen molar-refractivity contribution in [2.75, 3.05) is 10.5 Å². The second kappa shape index (κ2) is 5.42. The normalized spacial score (nSPS) is 10.9. The first-order chi connectivity index (χ1) is 9.81. The molecule has 0 aliphatic heterocycles. The number of halogens is 1. The maximum atomic E-state index is 13.3. The summed E-state index contributed by atoms with van der Waals surface area (Å²) >= 11 is 0. The molecule has 0 aliphatic carbocycles. The monoisotopic (exact) mass is 305 g/mol. The molecular formula is C14H12FN3O2S. The van der Waals surface area contributed by atoms with E-state index >= 15 is 0 Å². The molecular weight excluding hydrogens is 293 g/mol. The van der Waals surface area contributed by atoms with Crippen molar-refractivity contribution in [2.45, 2.75) is 11.8 Å². The molecule has 108 valence electrons. The molecule has 0 atom stereocenters. The SMILES string of the molecule is Cc1cc(F)cc(NS(=O)(=O)c2ccc(C#N)cc2N)c1. The van der Waals surface area contributed by atoms with Gasteiger partial charge in [-0.2, -0.15) is 5.26 Å². The third kappa shape index (κ3) is 3.30. The molecule has 5 nitrogen and oxygen atoms in total. The van der Waals surface area contributed by atoms with Gasteiger partial charge in [-0.1, -0.05) is 0 Å². The fourth-order valence-corrected chi connectivity index (χ4v) is 3.02. The minimum absolute atomic E-state index is 0.0466. The van der Waals surface area contributed by atoms with Crippen molar-refractivity contribution in [1.82, 2.24) is 0 Å². The van der Waals surface area contributed by atoms with Gasteiger partial charge in [0.2, 0.25) is 0 Å². The molecule has 2 aromatic rings. The van der Waals surface area contributed by atoms with E-state index in [9.17, 15) is 12.8 Å². The number of rotatable bonds is 3. The van der Waals surface area contributed by atoms with Crippen LogP contribution < -0.4 is 10.5 Å². The van der Waals surface area contributed by atoms with Gasteiger partial charge in [0, 0.05) is 0 Å². The maximum Gasteiger partial charge on any atom is 0.263 e. The molecule has 0 spiro atoms. The summed E-state index contributed by atoms with van der Waals surface area (Å²) in [5.41, 5.74) is 6.55. The van der Waals surface area contributed by atoms with E-state index in [-0.39, 0.29) is 21.8 Å². The van der Waals surface area contributed by atoms with E-state index in [1.54, 1.807) is 6.92 Å². The van der Waals surface area contributed by atoms with Crippen LogP contribution in [-0.2, 0) is 10.0 Å². The highest BCUT2D eigenvalue weighted by Gasteiger charge is 2.18. The van der Waals surface area contributed by atoms with Crippen molar-refractivity contribution in [2.24, 2.45) is 0 Å². The minimum atomic E-state index is -3.95. The average Bonchev–Trinajstić information content (AvgIpc) is 2.36. The minimum Gasteiger partial charge on any atom is -0.398 e. The Morgan fingerprint density at radius 1 is 1.24 bits per heavy atom. The Bertz CT molecular complexity index is 822. The van der Waals surface area contributed by atoms with Crippen LogP contribution in [0.15, 0.2) is 41.3 Å². The van der Waals surface area contributed by atoms with Crippen molar-refractivity contribution in [3.63, 3.8) is 0 Å². The predicted molar refractivity (Wildman–Crippen MR) is 77.5 cm³/mol. The quantitative estimate of drug-likeness (QED) is 0.851. The van der Waals surface area contributed by atoms with Crippen LogP contribution in [0.1, 0.15) is 11.1 Å². The number of nitrogen functional groups attached to an aromatic ring is 1. The van der Waals surface area contributed by atoms with E-state index in [4.69, 9.17) is 11.0 Å². The molecule has 0 bridgehead atoms. The number of nitriles is 1. The van der Waals surface area contributed by atoms with Gasteiger partial charge >= 0.3 is 0 Å². The van der Waals surface area contributed by atoms with Crippen LogP contribution in [0.3, 0.4) is 0 Å². The van der Waals surface area contributed by atoms with E-state index < -0.39 is 15.8 Å². The Morgan fingerprint density at radius 3 is 2.52 bits per heavy atom. The highest BCUT2D eigenvalue weighted by molar-refractivity contribution is 7.92. The summed E-state index contributed by atoms with van der Waals surface area (Å²) in [6.45, 7) is 1.65. The number of nitrogens with one attached hydrogen (secondary N) is 1. The van der Waals surface area contributed by atoms with Gasteiger partial charge in [-0.15, -0.1) is 0 Å². The first-order valence-corrected chi connectivity index (χ1v) is 7.40. The van der Waals surface area contributed by atoms with Crippen molar-refractivity contribution in [1.29, 1.82) is 5.26 Å².